The first-order valence-electron chi connectivity index (χ1n) is 8.32. The molecule has 0 unspecified atom stereocenters. The predicted molar refractivity (Wildman–Crippen MR) is 93.8 cm³/mol. The fourth-order valence-electron chi connectivity index (χ4n) is 3.33. The smallest absolute Gasteiger partial charge is 0.411 e. The molecule has 130 valence electrons. The van der Waals surface area contributed by atoms with Crippen molar-refractivity contribution in [3.63, 3.8) is 0 Å². The Morgan fingerprint density at radius 3 is 2.71 bits per heavy atom. The van der Waals surface area contributed by atoms with Gasteiger partial charge in [0.15, 0.2) is 5.78 Å². The molecule has 1 aliphatic heterocycles. The number of likely N-dealkylation sites (tertiary alicyclic amines) is 1. The lowest BCUT2D eigenvalue weighted by atomic mass is 10.0. The van der Waals surface area contributed by atoms with E-state index in [0.717, 1.165) is 24.1 Å². The number of hydrogen-bond donors (Lipinski definition) is 0. The maximum Gasteiger partial charge on any atom is 0.411 e. The number of aromatic nitrogens is 1. The first-order valence-corrected chi connectivity index (χ1v) is 9.11. The number of halogens is 1. The molecule has 3 rings (SSSR count). The van der Waals surface area contributed by atoms with Gasteiger partial charge < -0.3 is 4.74 Å². The molecule has 2 aliphatic rings. The molecule has 6 heteroatoms. The van der Waals surface area contributed by atoms with Gasteiger partial charge in [-0.3, -0.25) is 9.69 Å². The first-order chi connectivity index (χ1) is 11.2. The molecule has 24 heavy (non-hydrogen) atoms. The molecule has 1 amide bonds. The van der Waals surface area contributed by atoms with Gasteiger partial charge >= 0.3 is 6.09 Å². The summed E-state index contributed by atoms with van der Waals surface area (Å²) in [5.74, 6) is 0.491. The summed E-state index contributed by atoms with van der Waals surface area (Å²) in [6.07, 6.45) is 1.60. The number of pyridine rings is 1. The van der Waals surface area contributed by atoms with Crippen LogP contribution < -0.4 is 0 Å². The summed E-state index contributed by atoms with van der Waals surface area (Å²) in [7, 11) is 0. The molecule has 1 aliphatic carbocycles. The Balaban J connectivity index is 1.74. The van der Waals surface area contributed by atoms with Crippen LogP contribution in [0.2, 0.25) is 0 Å². The molecule has 2 fully saturated rings. The number of aryl methyl sites for hydroxylation is 1. The van der Waals surface area contributed by atoms with Crippen molar-refractivity contribution < 1.29 is 14.3 Å². The normalized spacial score (nSPS) is 25.4. The standard InChI is InChI=1S/C18H23BrN2O3/c1-10-5-6-16(19)20-12(10)9-15(22)14-8-11-7-13(11)21(14)17(23)24-18(2,3)4/h5-6,11,13-14H,7-9H2,1-4H3/t11-,13-,14-/m0/s1. The van der Waals surface area contributed by atoms with E-state index in [9.17, 15) is 9.59 Å². The van der Waals surface area contributed by atoms with Crippen molar-refractivity contribution in [3.05, 3.63) is 28.0 Å². The van der Waals surface area contributed by atoms with Gasteiger partial charge in [-0.1, -0.05) is 6.07 Å². The van der Waals surface area contributed by atoms with Crippen LogP contribution in [0.15, 0.2) is 16.7 Å². The summed E-state index contributed by atoms with van der Waals surface area (Å²) >= 11 is 3.35. The van der Waals surface area contributed by atoms with Crippen LogP contribution >= 0.6 is 15.9 Å². The van der Waals surface area contributed by atoms with Crippen LogP contribution in [0.25, 0.3) is 0 Å². The third-order valence-corrected chi connectivity index (χ3v) is 5.03. The summed E-state index contributed by atoms with van der Waals surface area (Å²) in [5, 5.41) is 0. The van der Waals surface area contributed by atoms with Gasteiger partial charge in [-0.15, -0.1) is 0 Å². The van der Waals surface area contributed by atoms with E-state index in [1.54, 1.807) is 4.90 Å². The van der Waals surface area contributed by atoms with Crippen molar-refractivity contribution in [2.24, 2.45) is 5.92 Å². The average Bonchev–Trinajstić information content (AvgIpc) is 3.11. The highest BCUT2D eigenvalue weighted by Gasteiger charge is 2.56. The Morgan fingerprint density at radius 1 is 1.33 bits per heavy atom. The maximum absolute atomic E-state index is 12.8. The van der Waals surface area contributed by atoms with Gasteiger partial charge in [-0.25, -0.2) is 9.78 Å². The topological polar surface area (TPSA) is 59.5 Å². The molecule has 0 N–H and O–H groups in total. The Kier molecular flexibility index (Phi) is 4.45. The zero-order valence-corrected chi connectivity index (χ0v) is 16.1. The molecule has 0 spiro atoms. The van der Waals surface area contributed by atoms with Crippen LogP contribution in [-0.4, -0.2) is 39.4 Å². The molecular formula is C18H23BrN2O3. The van der Waals surface area contributed by atoms with Crippen molar-refractivity contribution in [2.75, 3.05) is 0 Å². The molecule has 3 atom stereocenters. The van der Waals surface area contributed by atoms with Gasteiger partial charge in [0.2, 0.25) is 0 Å². The van der Waals surface area contributed by atoms with Crippen molar-refractivity contribution in [1.29, 1.82) is 0 Å². The summed E-state index contributed by atoms with van der Waals surface area (Å²) in [6, 6.07) is 3.59. The number of amides is 1. The van der Waals surface area contributed by atoms with E-state index in [0.29, 0.717) is 10.5 Å². The third kappa shape index (κ3) is 3.63. The maximum atomic E-state index is 12.8. The monoisotopic (exact) mass is 394 g/mol. The van der Waals surface area contributed by atoms with Gasteiger partial charge in [0, 0.05) is 6.04 Å². The van der Waals surface area contributed by atoms with E-state index in [1.807, 2.05) is 39.8 Å². The van der Waals surface area contributed by atoms with Crippen LogP contribution in [-0.2, 0) is 16.0 Å². The number of ether oxygens (including phenoxy) is 1. The van der Waals surface area contributed by atoms with Crippen molar-refractivity contribution in [1.82, 2.24) is 9.88 Å². The second kappa shape index (κ2) is 6.14. The lowest BCUT2D eigenvalue weighted by Crippen LogP contribution is -2.46. The molecule has 1 aromatic rings. The largest absolute Gasteiger partial charge is 0.444 e. The fourth-order valence-corrected chi connectivity index (χ4v) is 3.67. The number of nitrogens with zero attached hydrogens (tertiary/aromatic N) is 2. The predicted octanol–water partition coefficient (Wildman–Crippen LogP) is 3.66. The van der Waals surface area contributed by atoms with Crippen molar-refractivity contribution in [2.45, 2.75) is 64.6 Å². The first kappa shape index (κ1) is 17.4. The Hall–Kier alpha value is -1.43. The summed E-state index contributed by atoms with van der Waals surface area (Å²) < 4.78 is 6.22. The highest BCUT2D eigenvalue weighted by Crippen LogP contribution is 2.48. The SMILES string of the molecule is Cc1ccc(Br)nc1CC(=O)[C@@H]1C[C@@H]2C[C@@H]2N1C(=O)OC(C)(C)C. The molecule has 0 radical (unpaired) electrons. The minimum Gasteiger partial charge on any atom is -0.444 e. The zero-order valence-electron chi connectivity index (χ0n) is 14.5. The number of piperidine rings is 1. The van der Waals surface area contributed by atoms with E-state index in [2.05, 4.69) is 20.9 Å². The molecule has 0 aromatic carbocycles. The third-order valence-electron chi connectivity index (χ3n) is 4.59. The molecule has 1 aromatic heterocycles. The summed E-state index contributed by atoms with van der Waals surface area (Å²) in [4.78, 5) is 31.4. The molecule has 0 bridgehead atoms. The highest BCUT2D eigenvalue weighted by atomic mass is 79.9. The van der Waals surface area contributed by atoms with Crippen LogP contribution in [0.5, 0.6) is 0 Å². The summed E-state index contributed by atoms with van der Waals surface area (Å²) in [6.45, 7) is 7.48. The fraction of sp³-hybridized carbons (Fsp3) is 0.611. The molecule has 1 saturated heterocycles. The van der Waals surface area contributed by atoms with Crippen LogP contribution in [0.3, 0.4) is 0 Å². The average molecular weight is 395 g/mol. The van der Waals surface area contributed by atoms with Crippen molar-refractivity contribution >= 4 is 27.8 Å². The van der Waals surface area contributed by atoms with E-state index in [1.165, 1.54) is 0 Å². The van der Waals surface area contributed by atoms with Gasteiger partial charge in [-0.2, -0.15) is 0 Å². The Morgan fingerprint density at radius 2 is 2.04 bits per heavy atom. The second-order valence-corrected chi connectivity index (χ2v) is 8.56. The van der Waals surface area contributed by atoms with E-state index in [4.69, 9.17) is 4.74 Å². The van der Waals surface area contributed by atoms with E-state index >= 15 is 0 Å². The van der Waals surface area contributed by atoms with Crippen LogP contribution in [0.4, 0.5) is 4.79 Å². The minimum atomic E-state index is -0.555. The number of carbonyl (C=O) groups is 2. The highest BCUT2D eigenvalue weighted by molar-refractivity contribution is 9.10. The number of ketones is 1. The van der Waals surface area contributed by atoms with Gasteiger partial charge in [0.05, 0.1) is 18.2 Å². The van der Waals surface area contributed by atoms with E-state index < -0.39 is 5.60 Å². The molecule has 2 heterocycles. The second-order valence-electron chi connectivity index (χ2n) is 7.74. The quantitative estimate of drug-likeness (QED) is 0.733. The lowest BCUT2D eigenvalue weighted by molar-refractivity contribution is -0.123. The molecule has 5 nitrogen and oxygen atoms in total. The van der Waals surface area contributed by atoms with Gasteiger partial charge in [-0.05, 0) is 74.0 Å². The number of carbonyl (C=O) groups excluding carboxylic acids is 2. The van der Waals surface area contributed by atoms with Gasteiger partial charge in [0.25, 0.3) is 0 Å². The molecule has 1 saturated carbocycles. The van der Waals surface area contributed by atoms with Crippen molar-refractivity contribution in [3.8, 4) is 0 Å². The summed E-state index contributed by atoms with van der Waals surface area (Å²) in [5.41, 5.74) is 1.19. The Bertz CT molecular complexity index is 683. The molecular weight excluding hydrogens is 372 g/mol. The number of hydrogen-bond acceptors (Lipinski definition) is 4. The van der Waals surface area contributed by atoms with Crippen LogP contribution in [0.1, 0.15) is 44.9 Å². The Labute approximate surface area is 150 Å². The lowest BCUT2D eigenvalue weighted by Gasteiger charge is -2.30. The number of Topliss-reactive ketones (excluding diaryl/α,β-unsaturated/α-hetero) is 1. The number of rotatable bonds is 3. The van der Waals surface area contributed by atoms with E-state index in [-0.39, 0.29) is 30.4 Å². The zero-order chi connectivity index (χ0) is 17.6. The van der Waals surface area contributed by atoms with Crippen LogP contribution in [0, 0.1) is 12.8 Å². The number of fused-ring (bicyclic) bond motifs is 1. The minimum absolute atomic E-state index is 0.0433. The van der Waals surface area contributed by atoms with Gasteiger partial charge in [0.1, 0.15) is 10.2 Å².